The Morgan fingerprint density at radius 3 is 2.33 bits per heavy atom. The van der Waals surface area contributed by atoms with Crippen molar-refractivity contribution in [2.75, 3.05) is 18.5 Å². The molecule has 21 heavy (non-hydrogen) atoms. The van der Waals surface area contributed by atoms with E-state index in [-0.39, 0.29) is 0 Å². The lowest BCUT2D eigenvalue weighted by atomic mass is 10.1. The smallest absolute Gasteiger partial charge is 0.128 e. The van der Waals surface area contributed by atoms with Crippen LogP contribution in [-0.2, 0) is 6.54 Å². The maximum Gasteiger partial charge on any atom is 0.128 e. The predicted octanol–water partition coefficient (Wildman–Crippen LogP) is 4.19. The van der Waals surface area contributed by atoms with Crippen molar-refractivity contribution in [3.8, 4) is 0 Å². The van der Waals surface area contributed by atoms with Crippen molar-refractivity contribution in [3.05, 3.63) is 23.4 Å². The second-order valence-electron chi connectivity index (χ2n) is 6.84. The van der Waals surface area contributed by atoms with Crippen molar-refractivity contribution < 1.29 is 0 Å². The lowest BCUT2D eigenvalue weighted by molar-refractivity contribution is 0.556. The molecule has 120 valence electrons. The molecule has 0 aromatic carbocycles. The van der Waals surface area contributed by atoms with Crippen LogP contribution in [0.2, 0.25) is 0 Å². The van der Waals surface area contributed by atoms with E-state index in [1.807, 2.05) is 0 Å². The molecule has 1 atom stereocenters. The van der Waals surface area contributed by atoms with Gasteiger partial charge in [0.1, 0.15) is 5.82 Å². The molecule has 0 fully saturated rings. The molecule has 3 nitrogen and oxygen atoms in total. The van der Waals surface area contributed by atoms with Gasteiger partial charge in [-0.2, -0.15) is 0 Å². The van der Waals surface area contributed by atoms with Gasteiger partial charge in [0, 0.05) is 31.9 Å². The Balaban J connectivity index is 2.95. The number of pyridine rings is 1. The van der Waals surface area contributed by atoms with Crippen LogP contribution in [0.4, 0.5) is 5.82 Å². The zero-order valence-corrected chi connectivity index (χ0v) is 14.9. The molecule has 0 saturated heterocycles. The minimum atomic E-state index is 0.458. The van der Waals surface area contributed by atoms with E-state index < -0.39 is 0 Å². The topological polar surface area (TPSA) is 28.2 Å². The molecular weight excluding hydrogens is 258 g/mol. The molecule has 3 heteroatoms. The van der Waals surface area contributed by atoms with Crippen LogP contribution in [0.15, 0.2) is 12.1 Å². The van der Waals surface area contributed by atoms with Gasteiger partial charge >= 0.3 is 0 Å². The van der Waals surface area contributed by atoms with Crippen LogP contribution in [-0.4, -0.2) is 24.6 Å². The Hall–Kier alpha value is -1.09. The summed E-state index contributed by atoms with van der Waals surface area (Å²) < 4.78 is 0. The fourth-order valence-electron chi connectivity index (χ4n) is 2.20. The van der Waals surface area contributed by atoms with Crippen LogP contribution < -0.4 is 10.2 Å². The first-order valence-corrected chi connectivity index (χ1v) is 8.28. The van der Waals surface area contributed by atoms with E-state index in [9.17, 15) is 0 Å². The molecule has 1 N–H and O–H groups in total. The van der Waals surface area contributed by atoms with Crippen molar-refractivity contribution >= 4 is 5.82 Å². The Morgan fingerprint density at radius 1 is 1.14 bits per heavy atom. The predicted molar refractivity (Wildman–Crippen MR) is 93.0 cm³/mol. The van der Waals surface area contributed by atoms with Crippen LogP contribution in [0.3, 0.4) is 0 Å². The van der Waals surface area contributed by atoms with Crippen molar-refractivity contribution in [2.45, 2.75) is 66.5 Å². The minimum absolute atomic E-state index is 0.458. The third-order valence-electron chi connectivity index (χ3n) is 3.87. The van der Waals surface area contributed by atoms with Crippen molar-refractivity contribution in [1.29, 1.82) is 0 Å². The molecule has 0 aliphatic carbocycles. The van der Waals surface area contributed by atoms with Gasteiger partial charge in [-0.3, -0.25) is 0 Å². The molecule has 1 heterocycles. The van der Waals surface area contributed by atoms with Crippen LogP contribution in [0.5, 0.6) is 0 Å². The van der Waals surface area contributed by atoms with Crippen molar-refractivity contribution in [1.82, 2.24) is 10.3 Å². The first kappa shape index (κ1) is 18.0. The largest absolute Gasteiger partial charge is 0.359 e. The highest BCUT2D eigenvalue weighted by Gasteiger charge is 2.11. The van der Waals surface area contributed by atoms with Crippen LogP contribution in [0, 0.1) is 5.92 Å². The highest BCUT2D eigenvalue weighted by atomic mass is 15.2. The molecule has 1 aromatic heterocycles. The standard InChI is InChI=1S/C18H33N3/c1-8-15(6)12-21(7)18-10-16(11-19-14(4)5)9-17(20-18)13(2)3/h9-10,13-15,19H,8,11-12H2,1-7H3. The molecule has 1 rings (SSSR count). The quantitative estimate of drug-likeness (QED) is 0.778. The zero-order chi connectivity index (χ0) is 16.0. The van der Waals surface area contributed by atoms with E-state index in [0.717, 1.165) is 18.9 Å². The van der Waals surface area contributed by atoms with Gasteiger partial charge in [0.05, 0.1) is 0 Å². The van der Waals surface area contributed by atoms with E-state index in [4.69, 9.17) is 4.98 Å². The van der Waals surface area contributed by atoms with Gasteiger partial charge in [-0.25, -0.2) is 4.98 Å². The van der Waals surface area contributed by atoms with Gasteiger partial charge in [0.25, 0.3) is 0 Å². The second kappa shape index (κ2) is 8.38. The van der Waals surface area contributed by atoms with Crippen molar-refractivity contribution in [2.24, 2.45) is 5.92 Å². The molecule has 1 aromatic rings. The number of hydrogen-bond acceptors (Lipinski definition) is 3. The number of hydrogen-bond donors (Lipinski definition) is 1. The van der Waals surface area contributed by atoms with E-state index in [2.05, 4.69) is 70.9 Å². The molecule has 0 aliphatic rings. The van der Waals surface area contributed by atoms with E-state index in [1.165, 1.54) is 17.7 Å². The Bertz CT molecular complexity index is 426. The molecule has 1 unspecified atom stereocenters. The number of aromatic nitrogens is 1. The second-order valence-corrected chi connectivity index (χ2v) is 6.84. The van der Waals surface area contributed by atoms with Gasteiger partial charge in [0.2, 0.25) is 0 Å². The minimum Gasteiger partial charge on any atom is -0.359 e. The summed E-state index contributed by atoms with van der Waals surface area (Å²) in [6.45, 7) is 15.3. The highest BCUT2D eigenvalue weighted by molar-refractivity contribution is 5.42. The SMILES string of the molecule is CCC(C)CN(C)c1cc(CNC(C)C)cc(C(C)C)n1. The monoisotopic (exact) mass is 291 g/mol. The van der Waals surface area contributed by atoms with Gasteiger partial charge in [-0.15, -0.1) is 0 Å². The summed E-state index contributed by atoms with van der Waals surface area (Å²) in [6.07, 6.45) is 1.20. The summed E-state index contributed by atoms with van der Waals surface area (Å²) in [5.74, 6) is 2.25. The molecule has 0 saturated carbocycles. The summed E-state index contributed by atoms with van der Waals surface area (Å²) in [5.41, 5.74) is 2.51. The van der Waals surface area contributed by atoms with Gasteiger partial charge in [-0.05, 0) is 29.5 Å². The summed E-state index contributed by atoms with van der Waals surface area (Å²) in [5, 5.41) is 3.50. The van der Waals surface area contributed by atoms with Crippen LogP contribution >= 0.6 is 0 Å². The van der Waals surface area contributed by atoms with E-state index in [1.54, 1.807) is 0 Å². The third kappa shape index (κ3) is 6.04. The lowest BCUT2D eigenvalue weighted by Crippen LogP contribution is -2.26. The molecule has 0 amide bonds. The Labute approximate surface area is 131 Å². The summed E-state index contributed by atoms with van der Waals surface area (Å²) in [7, 11) is 2.15. The first-order chi connectivity index (χ1) is 9.83. The maximum atomic E-state index is 4.85. The van der Waals surface area contributed by atoms with Gasteiger partial charge in [-0.1, -0.05) is 48.0 Å². The van der Waals surface area contributed by atoms with E-state index in [0.29, 0.717) is 17.9 Å². The first-order valence-electron chi connectivity index (χ1n) is 8.28. The molecule has 0 spiro atoms. The number of rotatable bonds is 8. The molecule has 0 aliphatic heterocycles. The van der Waals surface area contributed by atoms with Gasteiger partial charge < -0.3 is 10.2 Å². The fourth-order valence-corrected chi connectivity index (χ4v) is 2.20. The van der Waals surface area contributed by atoms with Crippen LogP contribution in [0.1, 0.15) is 65.1 Å². The normalized spacial score (nSPS) is 13.0. The van der Waals surface area contributed by atoms with Crippen LogP contribution in [0.25, 0.3) is 0 Å². The van der Waals surface area contributed by atoms with Gasteiger partial charge in [0.15, 0.2) is 0 Å². The Morgan fingerprint density at radius 2 is 1.81 bits per heavy atom. The zero-order valence-electron chi connectivity index (χ0n) is 14.9. The average molecular weight is 291 g/mol. The third-order valence-corrected chi connectivity index (χ3v) is 3.87. The average Bonchev–Trinajstić information content (AvgIpc) is 2.44. The lowest BCUT2D eigenvalue weighted by Gasteiger charge is -2.24. The highest BCUT2D eigenvalue weighted by Crippen LogP contribution is 2.21. The Kier molecular flexibility index (Phi) is 7.16. The molecule has 0 radical (unpaired) electrons. The molecule has 0 bridgehead atoms. The summed E-state index contributed by atoms with van der Waals surface area (Å²) in [6, 6.07) is 4.96. The number of nitrogens with one attached hydrogen (secondary N) is 1. The summed E-state index contributed by atoms with van der Waals surface area (Å²) >= 11 is 0. The number of anilines is 1. The maximum absolute atomic E-state index is 4.85. The fraction of sp³-hybridized carbons (Fsp3) is 0.722. The van der Waals surface area contributed by atoms with E-state index >= 15 is 0 Å². The number of nitrogens with zero attached hydrogens (tertiary/aromatic N) is 2. The summed E-state index contributed by atoms with van der Waals surface area (Å²) in [4.78, 5) is 7.14. The van der Waals surface area contributed by atoms with Crippen molar-refractivity contribution in [3.63, 3.8) is 0 Å². The molecular formula is C18H33N3.